The van der Waals surface area contributed by atoms with Gasteiger partial charge in [0.2, 0.25) is 5.91 Å². The standard InChI is InChI=1S/C12H21N3O2/c1-3-11-9-15(7-8-17-11)10-12(16)14(2)6-4-5-13/h11H,3-4,6-10H2,1-2H3. The van der Waals surface area contributed by atoms with Crippen molar-refractivity contribution < 1.29 is 9.53 Å². The maximum atomic E-state index is 11.8. The molecule has 96 valence electrons. The van der Waals surface area contributed by atoms with Crippen LogP contribution in [-0.4, -0.2) is 61.6 Å². The zero-order valence-corrected chi connectivity index (χ0v) is 10.7. The summed E-state index contributed by atoms with van der Waals surface area (Å²) < 4.78 is 5.55. The SMILES string of the molecule is CCC1CN(CC(=O)N(C)CCC#N)CCO1. The average Bonchev–Trinajstić information content (AvgIpc) is 2.36. The Kier molecular flexibility index (Phi) is 5.95. The van der Waals surface area contributed by atoms with Gasteiger partial charge in [-0.05, 0) is 6.42 Å². The molecule has 0 aromatic carbocycles. The van der Waals surface area contributed by atoms with E-state index < -0.39 is 0 Å². The van der Waals surface area contributed by atoms with E-state index in [0.717, 1.165) is 19.5 Å². The van der Waals surface area contributed by atoms with Crippen molar-refractivity contribution in [3.05, 3.63) is 0 Å². The molecule has 1 rings (SSSR count). The number of ether oxygens (including phenoxy) is 1. The number of rotatable bonds is 5. The zero-order chi connectivity index (χ0) is 12.7. The Hall–Kier alpha value is -1.12. The monoisotopic (exact) mass is 239 g/mol. The molecule has 1 unspecified atom stereocenters. The van der Waals surface area contributed by atoms with Crippen molar-refractivity contribution in [2.75, 3.05) is 39.8 Å². The van der Waals surface area contributed by atoms with Gasteiger partial charge in [0.25, 0.3) is 0 Å². The molecule has 1 aliphatic heterocycles. The van der Waals surface area contributed by atoms with Crippen LogP contribution in [0.1, 0.15) is 19.8 Å². The summed E-state index contributed by atoms with van der Waals surface area (Å²) in [5.41, 5.74) is 0. The molecule has 5 heteroatoms. The van der Waals surface area contributed by atoms with E-state index in [0.29, 0.717) is 26.1 Å². The summed E-state index contributed by atoms with van der Waals surface area (Å²) in [5.74, 6) is 0.0806. The predicted octanol–water partition coefficient (Wildman–Crippen LogP) is 0.469. The summed E-state index contributed by atoms with van der Waals surface area (Å²) in [7, 11) is 1.75. The van der Waals surface area contributed by atoms with Crippen LogP contribution >= 0.6 is 0 Å². The highest BCUT2D eigenvalue weighted by Gasteiger charge is 2.21. The molecule has 0 saturated carbocycles. The molecule has 1 amide bonds. The summed E-state index contributed by atoms with van der Waals surface area (Å²) in [5, 5.41) is 8.47. The van der Waals surface area contributed by atoms with E-state index in [4.69, 9.17) is 10.00 Å². The third-order valence-electron chi connectivity index (χ3n) is 3.02. The number of morpholine rings is 1. The van der Waals surface area contributed by atoms with Crippen LogP contribution in [0.5, 0.6) is 0 Å². The topological polar surface area (TPSA) is 56.6 Å². The summed E-state index contributed by atoms with van der Waals surface area (Å²) in [6.45, 7) is 5.38. The maximum absolute atomic E-state index is 11.8. The zero-order valence-electron chi connectivity index (χ0n) is 10.7. The summed E-state index contributed by atoms with van der Waals surface area (Å²) >= 11 is 0. The Morgan fingerprint density at radius 1 is 1.65 bits per heavy atom. The lowest BCUT2D eigenvalue weighted by Gasteiger charge is -2.32. The van der Waals surface area contributed by atoms with E-state index in [1.807, 2.05) is 6.07 Å². The van der Waals surface area contributed by atoms with Gasteiger partial charge in [-0.2, -0.15) is 5.26 Å². The Labute approximate surface area is 103 Å². The van der Waals surface area contributed by atoms with Crippen molar-refractivity contribution in [3.8, 4) is 6.07 Å². The van der Waals surface area contributed by atoms with E-state index in [2.05, 4.69) is 11.8 Å². The smallest absolute Gasteiger partial charge is 0.236 e. The first-order valence-electron chi connectivity index (χ1n) is 6.12. The summed E-state index contributed by atoms with van der Waals surface area (Å²) in [6, 6.07) is 2.05. The highest BCUT2D eigenvalue weighted by Crippen LogP contribution is 2.08. The van der Waals surface area contributed by atoms with Gasteiger partial charge in [0.15, 0.2) is 0 Å². The van der Waals surface area contributed by atoms with Crippen LogP contribution in [0.25, 0.3) is 0 Å². The van der Waals surface area contributed by atoms with Gasteiger partial charge in [0.1, 0.15) is 0 Å². The van der Waals surface area contributed by atoms with E-state index in [9.17, 15) is 4.79 Å². The Bertz CT molecular complexity index is 288. The first kappa shape index (κ1) is 13.9. The molecule has 1 saturated heterocycles. The Morgan fingerprint density at radius 3 is 3.06 bits per heavy atom. The molecule has 5 nitrogen and oxygen atoms in total. The molecule has 17 heavy (non-hydrogen) atoms. The van der Waals surface area contributed by atoms with Crippen LogP contribution in [0.15, 0.2) is 0 Å². The molecule has 0 N–H and O–H groups in total. The predicted molar refractivity (Wildman–Crippen MR) is 64.3 cm³/mol. The van der Waals surface area contributed by atoms with E-state index in [-0.39, 0.29) is 12.0 Å². The molecule has 0 aliphatic carbocycles. The molecule has 0 aromatic rings. The second-order valence-electron chi connectivity index (χ2n) is 4.36. The number of hydrogen-bond donors (Lipinski definition) is 0. The number of carbonyl (C=O) groups is 1. The third kappa shape index (κ3) is 4.72. The number of nitrogens with zero attached hydrogens (tertiary/aromatic N) is 3. The van der Waals surface area contributed by atoms with Gasteiger partial charge in [0, 0.05) is 26.7 Å². The van der Waals surface area contributed by atoms with E-state index in [1.54, 1.807) is 11.9 Å². The third-order valence-corrected chi connectivity index (χ3v) is 3.02. The second-order valence-corrected chi connectivity index (χ2v) is 4.36. The van der Waals surface area contributed by atoms with Crippen LogP contribution in [0.2, 0.25) is 0 Å². The fraction of sp³-hybridized carbons (Fsp3) is 0.833. The number of carbonyl (C=O) groups excluding carboxylic acids is 1. The van der Waals surface area contributed by atoms with Crippen LogP contribution in [0.3, 0.4) is 0 Å². The number of hydrogen-bond acceptors (Lipinski definition) is 4. The molecule has 1 heterocycles. The van der Waals surface area contributed by atoms with Gasteiger partial charge in [-0.3, -0.25) is 9.69 Å². The van der Waals surface area contributed by atoms with Crippen LogP contribution in [0, 0.1) is 11.3 Å². The van der Waals surface area contributed by atoms with Gasteiger partial charge >= 0.3 is 0 Å². The van der Waals surface area contributed by atoms with Gasteiger partial charge < -0.3 is 9.64 Å². The molecule has 1 aliphatic rings. The minimum absolute atomic E-state index is 0.0806. The minimum atomic E-state index is 0.0806. The maximum Gasteiger partial charge on any atom is 0.236 e. The van der Waals surface area contributed by atoms with Gasteiger partial charge in [-0.25, -0.2) is 0 Å². The van der Waals surface area contributed by atoms with Gasteiger partial charge in [-0.15, -0.1) is 0 Å². The van der Waals surface area contributed by atoms with E-state index in [1.165, 1.54) is 0 Å². The lowest BCUT2D eigenvalue weighted by Crippen LogP contribution is -2.47. The molecule has 0 radical (unpaired) electrons. The van der Waals surface area contributed by atoms with Crippen molar-refractivity contribution in [2.24, 2.45) is 0 Å². The highest BCUT2D eigenvalue weighted by molar-refractivity contribution is 5.78. The molecule has 1 fully saturated rings. The van der Waals surface area contributed by atoms with Crippen LogP contribution in [0.4, 0.5) is 0 Å². The first-order chi connectivity index (χ1) is 8.17. The molecule has 0 spiro atoms. The van der Waals surface area contributed by atoms with Crippen LogP contribution in [-0.2, 0) is 9.53 Å². The first-order valence-corrected chi connectivity index (χ1v) is 6.12. The van der Waals surface area contributed by atoms with Crippen molar-refractivity contribution in [3.63, 3.8) is 0 Å². The molecule has 0 bridgehead atoms. The lowest BCUT2D eigenvalue weighted by molar-refractivity contribution is -0.133. The quantitative estimate of drug-likeness (QED) is 0.700. The Balaban J connectivity index is 2.32. The molecular weight excluding hydrogens is 218 g/mol. The highest BCUT2D eigenvalue weighted by atomic mass is 16.5. The van der Waals surface area contributed by atoms with E-state index >= 15 is 0 Å². The fourth-order valence-corrected chi connectivity index (χ4v) is 1.83. The van der Waals surface area contributed by atoms with Gasteiger partial charge in [0.05, 0.1) is 31.7 Å². The van der Waals surface area contributed by atoms with Crippen molar-refractivity contribution in [1.82, 2.24) is 9.80 Å². The van der Waals surface area contributed by atoms with Crippen molar-refractivity contribution >= 4 is 5.91 Å². The fourth-order valence-electron chi connectivity index (χ4n) is 1.83. The number of likely N-dealkylation sites (N-methyl/N-ethyl adjacent to an activating group) is 1. The largest absolute Gasteiger partial charge is 0.376 e. The van der Waals surface area contributed by atoms with Crippen molar-refractivity contribution in [1.29, 1.82) is 5.26 Å². The molecule has 0 aromatic heterocycles. The average molecular weight is 239 g/mol. The lowest BCUT2D eigenvalue weighted by atomic mass is 10.2. The molecule has 1 atom stereocenters. The van der Waals surface area contributed by atoms with Crippen molar-refractivity contribution in [2.45, 2.75) is 25.9 Å². The second kappa shape index (κ2) is 7.25. The summed E-state index contributed by atoms with van der Waals surface area (Å²) in [6.07, 6.45) is 1.62. The number of nitriles is 1. The molecular formula is C12H21N3O2. The van der Waals surface area contributed by atoms with Crippen LogP contribution < -0.4 is 0 Å². The normalized spacial score (nSPS) is 20.9. The Morgan fingerprint density at radius 2 is 2.41 bits per heavy atom. The van der Waals surface area contributed by atoms with Gasteiger partial charge in [-0.1, -0.05) is 6.92 Å². The summed E-state index contributed by atoms with van der Waals surface area (Å²) in [4.78, 5) is 15.6. The minimum Gasteiger partial charge on any atom is -0.376 e. The number of amides is 1.